The number of fused-ring (bicyclic) bond motifs is 6. The lowest BCUT2D eigenvalue weighted by Crippen LogP contribution is -2.33. The van der Waals surface area contributed by atoms with Gasteiger partial charge in [-0.3, -0.25) is 0 Å². The van der Waals surface area contributed by atoms with Gasteiger partial charge < -0.3 is 14.2 Å². The van der Waals surface area contributed by atoms with Crippen LogP contribution in [-0.4, -0.2) is 13.1 Å². The Balaban J connectivity index is 0.000000932. The van der Waals surface area contributed by atoms with Crippen LogP contribution < -0.4 is 9.47 Å². The van der Waals surface area contributed by atoms with Gasteiger partial charge in [0.2, 0.25) is 0 Å². The van der Waals surface area contributed by atoms with E-state index in [0.29, 0.717) is 22.8 Å². The highest BCUT2D eigenvalue weighted by Gasteiger charge is 2.53. The maximum absolute atomic E-state index is 12.7. The van der Waals surface area contributed by atoms with Crippen molar-refractivity contribution in [1.29, 1.82) is 0 Å². The zero-order valence-electron chi connectivity index (χ0n) is 16.4. The van der Waals surface area contributed by atoms with Crippen LogP contribution >= 0.6 is 0 Å². The quantitative estimate of drug-likeness (QED) is 0.520. The van der Waals surface area contributed by atoms with E-state index in [-0.39, 0.29) is 5.97 Å². The predicted molar refractivity (Wildman–Crippen MR) is 107 cm³/mol. The molecule has 4 heteroatoms. The van der Waals surface area contributed by atoms with Crippen LogP contribution in [0.1, 0.15) is 46.5 Å². The summed E-state index contributed by atoms with van der Waals surface area (Å²) < 4.78 is 17.6. The summed E-state index contributed by atoms with van der Waals surface area (Å²) in [5.41, 5.74) is 3.12. The van der Waals surface area contributed by atoms with Crippen molar-refractivity contribution in [3.63, 3.8) is 0 Å². The normalized spacial score (nSPS) is 18.1. The lowest BCUT2D eigenvalue weighted by Gasteiger charge is -2.36. The first-order chi connectivity index (χ1) is 13.6. The third-order valence-corrected chi connectivity index (χ3v) is 5.08. The molecule has 4 nitrogen and oxygen atoms in total. The smallest absolute Gasteiger partial charge is 0.340 e. The topological polar surface area (TPSA) is 44.8 Å². The molecule has 1 spiro atoms. The van der Waals surface area contributed by atoms with Crippen molar-refractivity contribution in [3.8, 4) is 17.2 Å². The summed E-state index contributed by atoms with van der Waals surface area (Å²) in [4.78, 5) is 12.7. The van der Waals surface area contributed by atoms with Crippen LogP contribution in [0.4, 0.5) is 0 Å². The fourth-order valence-electron chi connectivity index (χ4n) is 3.89. The van der Waals surface area contributed by atoms with E-state index in [0.717, 1.165) is 22.3 Å². The minimum atomic E-state index is -1.00. The molecule has 0 radical (unpaired) electrons. The Bertz CT molecular complexity index is 1070. The average molecular weight is 374 g/mol. The third-order valence-electron chi connectivity index (χ3n) is 5.08. The summed E-state index contributed by atoms with van der Waals surface area (Å²) in [6, 6.07) is 19.1. The van der Waals surface area contributed by atoms with Crippen LogP contribution in [0.15, 0.2) is 60.7 Å². The molecule has 2 heterocycles. The number of hydrogen-bond acceptors (Lipinski definition) is 4. The number of esters is 1. The molecule has 3 aromatic rings. The molecule has 0 saturated carbocycles. The Morgan fingerprint density at radius 3 is 2.29 bits per heavy atom. The second-order valence-electron chi connectivity index (χ2n) is 6.58. The summed E-state index contributed by atoms with van der Waals surface area (Å²) >= 11 is 0. The second kappa shape index (κ2) is 6.71. The number of carbonyl (C=O) groups is 1. The fraction of sp³-hybridized carbons (Fsp3) is 0.208. The fourth-order valence-corrected chi connectivity index (χ4v) is 3.89. The Morgan fingerprint density at radius 1 is 0.857 bits per heavy atom. The Kier molecular flexibility index (Phi) is 4.34. The van der Waals surface area contributed by atoms with Crippen LogP contribution in [0.25, 0.3) is 0 Å². The Hall–Kier alpha value is -3.27. The summed E-state index contributed by atoms with van der Waals surface area (Å²) in [6.45, 7) is 6.01. The lowest BCUT2D eigenvalue weighted by molar-refractivity contribution is 0.0224. The lowest BCUT2D eigenvalue weighted by atomic mass is 9.77. The van der Waals surface area contributed by atoms with Gasteiger partial charge in [-0.15, -0.1) is 0 Å². The van der Waals surface area contributed by atoms with Gasteiger partial charge in [-0.25, -0.2) is 4.79 Å². The molecule has 1 unspecified atom stereocenters. The molecule has 2 aliphatic rings. The number of benzene rings is 3. The van der Waals surface area contributed by atoms with Crippen molar-refractivity contribution in [3.05, 3.63) is 88.5 Å². The molecular formula is C24H22O4. The highest BCUT2D eigenvalue weighted by molar-refractivity contribution is 5.97. The van der Waals surface area contributed by atoms with Gasteiger partial charge in [0, 0.05) is 22.8 Å². The molecule has 0 N–H and O–H groups in total. The van der Waals surface area contributed by atoms with E-state index in [2.05, 4.69) is 0 Å². The number of rotatable bonds is 1. The van der Waals surface area contributed by atoms with Crippen molar-refractivity contribution in [1.82, 2.24) is 0 Å². The van der Waals surface area contributed by atoms with Crippen molar-refractivity contribution >= 4 is 5.97 Å². The first-order valence-electron chi connectivity index (χ1n) is 9.44. The van der Waals surface area contributed by atoms with Gasteiger partial charge in [-0.2, -0.15) is 0 Å². The summed E-state index contributed by atoms with van der Waals surface area (Å²) in [5, 5.41) is 0. The highest BCUT2D eigenvalue weighted by atomic mass is 16.6. The number of aryl methyl sites for hydroxylation is 1. The molecule has 3 aromatic carbocycles. The van der Waals surface area contributed by atoms with Gasteiger partial charge in [0.25, 0.3) is 0 Å². The van der Waals surface area contributed by atoms with Gasteiger partial charge in [0.05, 0.1) is 12.7 Å². The highest BCUT2D eigenvalue weighted by Crippen LogP contribution is 2.56. The Labute approximate surface area is 164 Å². The Morgan fingerprint density at radius 2 is 1.54 bits per heavy atom. The standard InChI is InChI=1S/C22H16O4.C2H6/c1-13-7-9-17-19(11-13)25-20-12-14(24-2)8-10-18(20)22(17)16-6-4-3-5-15(16)21(23)26-22;1-2/h3-12H,1-2H3;1-2H3. The molecule has 1 atom stereocenters. The molecule has 0 amide bonds. The molecule has 0 aliphatic carbocycles. The predicted octanol–water partition coefficient (Wildman–Crippen LogP) is 5.60. The summed E-state index contributed by atoms with van der Waals surface area (Å²) in [6.07, 6.45) is 0. The molecule has 0 fully saturated rings. The largest absolute Gasteiger partial charge is 0.497 e. The van der Waals surface area contributed by atoms with E-state index in [1.807, 2.05) is 75.4 Å². The number of hydrogen-bond donors (Lipinski definition) is 0. The third kappa shape index (κ3) is 2.41. The SMILES string of the molecule is CC.COc1ccc2c(c1)Oc1cc(C)ccc1C21OC(=O)c2ccccc21. The van der Waals surface area contributed by atoms with Gasteiger partial charge in [0.15, 0.2) is 5.60 Å². The molecule has 0 aromatic heterocycles. The average Bonchev–Trinajstić information content (AvgIpc) is 3.02. The molecular weight excluding hydrogens is 352 g/mol. The maximum atomic E-state index is 12.7. The van der Waals surface area contributed by atoms with Crippen LogP contribution in [0.5, 0.6) is 17.2 Å². The first-order valence-corrected chi connectivity index (χ1v) is 9.44. The van der Waals surface area contributed by atoms with E-state index in [9.17, 15) is 4.79 Å². The number of methoxy groups -OCH3 is 1. The van der Waals surface area contributed by atoms with E-state index >= 15 is 0 Å². The molecule has 2 aliphatic heterocycles. The molecule has 5 rings (SSSR count). The molecule has 0 bridgehead atoms. The van der Waals surface area contributed by atoms with Gasteiger partial charge >= 0.3 is 5.97 Å². The van der Waals surface area contributed by atoms with Crippen molar-refractivity contribution in [2.24, 2.45) is 0 Å². The van der Waals surface area contributed by atoms with Crippen molar-refractivity contribution in [2.75, 3.05) is 7.11 Å². The van der Waals surface area contributed by atoms with E-state index in [1.54, 1.807) is 13.2 Å². The van der Waals surface area contributed by atoms with E-state index in [1.165, 1.54) is 0 Å². The summed E-state index contributed by atoms with van der Waals surface area (Å²) in [5.74, 6) is 1.69. The van der Waals surface area contributed by atoms with Crippen molar-refractivity contribution < 1.29 is 19.0 Å². The molecule has 0 saturated heterocycles. The van der Waals surface area contributed by atoms with E-state index in [4.69, 9.17) is 14.2 Å². The number of ether oxygens (including phenoxy) is 3. The van der Waals surface area contributed by atoms with Crippen LogP contribution in [0.2, 0.25) is 0 Å². The van der Waals surface area contributed by atoms with Gasteiger partial charge in [-0.05, 0) is 36.8 Å². The zero-order valence-corrected chi connectivity index (χ0v) is 16.4. The molecule has 142 valence electrons. The zero-order chi connectivity index (χ0) is 19.9. The van der Waals surface area contributed by atoms with Crippen LogP contribution in [-0.2, 0) is 10.3 Å². The van der Waals surface area contributed by atoms with Gasteiger partial charge in [0.1, 0.15) is 17.2 Å². The van der Waals surface area contributed by atoms with Crippen molar-refractivity contribution in [2.45, 2.75) is 26.4 Å². The minimum Gasteiger partial charge on any atom is -0.497 e. The van der Waals surface area contributed by atoms with E-state index < -0.39 is 5.60 Å². The number of carbonyl (C=O) groups excluding carboxylic acids is 1. The second-order valence-corrected chi connectivity index (χ2v) is 6.58. The molecule has 28 heavy (non-hydrogen) atoms. The minimum absolute atomic E-state index is 0.323. The van der Waals surface area contributed by atoms with Crippen LogP contribution in [0, 0.1) is 6.92 Å². The summed E-state index contributed by atoms with van der Waals surface area (Å²) in [7, 11) is 1.61. The monoisotopic (exact) mass is 374 g/mol. The van der Waals surface area contributed by atoms with Crippen LogP contribution in [0.3, 0.4) is 0 Å². The first kappa shape index (κ1) is 18.1. The van der Waals surface area contributed by atoms with Gasteiger partial charge in [-0.1, -0.05) is 44.2 Å². The maximum Gasteiger partial charge on any atom is 0.340 e.